The molecular weight excluding hydrogens is 326 g/mol. The van der Waals surface area contributed by atoms with Gasteiger partial charge in [0.2, 0.25) is 0 Å². The zero-order valence-corrected chi connectivity index (χ0v) is 14.6. The van der Waals surface area contributed by atoms with Gasteiger partial charge in [0.15, 0.2) is 0 Å². The number of aliphatic hydroxyl groups excluding tert-OH is 1. The first-order valence-corrected chi connectivity index (χ1v) is 9.70. The van der Waals surface area contributed by atoms with Crippen molar-refractivity contribution < 1.29 is 13.5 Å². The molecule has 0 spiro atoms. The molecule has 0 aliphatic heterocycles. The molecule has 1 aromatic heterocycles. The van der Waals surface area contributed by atoms with Crippen LogP contribution in [-0.2, 0) is 17.1 Å². The number of aryl methyl sites for hydroxylation is 1. The second kappa shape index (κ2) is 6.94. The number of rotatable bonds is 6. The van der Waals surface area contributed by atoms with Gasteiger partial charge in [0.1, 0.15) is 4.90 Å². The van der Waals surface area contributed by atoms with E-state index < -0.39 is 10.0 Å². The second-order valence-electron chi connectivity index (χ2n) is 6.17. The van der Waals surface area contributed by atoms with E-state index in [0.717, 1.165) is 25.7 Å². The van der Waals surface area contributed by atoms with Crippen molar-refractivity contribution in [2.45, 2.75) is 36.5 Å². The summed E-state index contributed by atoms with van der Waals surface area (Å²) in [6.07, 6.45) is 5.76. The topological polar surface area (TPSA) is 75.4 Å². The lowest BCUT2D eigenvalue weighted by atomic mass is 10.1. The fraction of sp³-hybridized carbons (Fsp3) is 0.471. The van der Waals surface area contributed by atoms with E-state index in [9.17, 15) is 13.5 Å². The number of nitrogens with zero attached hydrogens (tertiary/aromatic N) is 3. The van der Waals surface area contributed by atoms with Gasteiger partial charge in [0.25, 0.3) is 10.0 Å². The highest BCUT2D eigenvalue weighted by atomic mass is 32.2. The smallest absolute Gasteiger partial charge is 0.267 e. The maximum atomic E-state index is 13.3. The van der Waals surface area contributed by atoms with E-state index in [-0.39, 0.29) is 24.0 Å². The van der Waals surface area contributed by atoms with Gasteiger partial charge in [-0.1, -0.05) is 31.0 Å². The highest BCUT2D eigenvalue weighted by molar-refractivity contribution is 7.92. The Bertz CT molecular complexity index is 781. The molecular formula is C17H23N3O3S. The summed E-state index contributed by atoms with van der Waals surface area (Å²) < 4.78 is 29.4. The average molecular weight is 349 g/mol. The van der Waals surface area contributed by atoms with Crippen molar-refractivity contribution in [1.29, 1.82) is 0 Å². The molecule has 24 heavy (non-hydrogen) atoms. The van der Waals surface area contributed by atoms with Crippen LogP contribution in [0.4, 0.5) is 5.69 Å². The molecule has 0 unspecified atom stereocenters. The van der Waals surface area contributed by atoms with Crippen LogP contribution in [0.1, 0.15) is 37.3 Å². The van der Waals surface area contributed by atoms with E-state index in [0.29, 0.717) is 11.4 Å². The monoisotopic (exact) mass is 349 g/mol. The summed E-state index contributed by atoms with van der Waals surface area (Å²) >= 11 is 0. The fourth-order valence-corrected chi connectivity index (χ4v) is 5.07. The minimum atomic E-state index is -3.77. The van der Waals surface area contributed by atoms with E-state index in [1.165, 1.54) is 4.31 Å². The Morgan fingerprint density at radius 1 is 1.25 bits per heavy atom. The molecule has 0 bridgehead atoms. The molecule has 0 amide bonds. The minimum Gasteiger partial charge on any atom is -0.394 e. The Hall–Kier alpha value is -1.86. The van der Waals surface area contributed by atoms with Crippen molar-refractivity contribution in [1.82, 2.24) is 9.78 Å². The summed E-state index contributed by atoms with van der Waals surface area (Å²) in [5, 5.41) is 13.8. The van der Waals surface area contributed by atoms with Crippen molar-refractivity contribution in [3.63, 3.8) is 0 Å². The molecule has 1 fully saturated rings. The molecule has 1 aromatic carbocycles. The van der Waals surface area contributed by atoms with Crippen LogP contribution in [0.3, 0.4) is 0 Å². The maximum Gasteiger partial charge on any atom is 0.267 e. The van der Waals surface area contributed by atoms with Crippen molar-refractivity contribution >= 4 is 15.7 Å². The Kier molecular flexibility index (Phi) is 4.91. The van der Waals surface area contributed by atoms with Crippen LogP contribution >= 0.6 is 0 Å². The fourth-order valence-electron chi connectivity index (χ4n) is 3.36. The number of anilines is 1. The number of hydrogen-bond donors (Lipinski definition) is 1. The van der Waals surface area contributed by atoms with E-state index >= 15 is 0 Å². The van der Waals surface area contributed by atoms with Gasteiger partial charge < -0.3 is 5.11 Å². The molecule has 3 rings (SSSR count). The summed E-state index contributed by atoms with van der Waals surface area (Å²) in [6, 6.07) is 8.88. The highest BCUT2D eigenvalue weighted by Crippen LogP contribution is 2.37. The molecule has 0 saturated heterocycles. The first-order valence-electron chi connectivity index (χ1n) is 8.26. The maximum absolute atomic E-state index is 13.3. The number of hydrogen-bond acceptors (Lipinski definition) is 4. The van der Waals surface area contributed by atoms with Crippen molar-refractivity contribution in [3.8, 4) is 0 Å². The molecule has 1 aliphatic carbocycles. The van der Waals surface area contributed by atoms with Crippen LogP contribution in [0.5, 0.6) is 0 Å². The van der Waals surface area contributed by atoms with E-state index in [2.05, 4.69) is 5.10 Å². The molecule has 1 heterocycles. The number of para-hydroxylation sites is 1. The molecule has 1 aliphatic rings. The third-order valence-corrected chi connectivity index (χ3v) is 6.32. The molecule has 7 heteroatoms. The molecule has 2 aromatic rings. The lowest BCUT2D eigenvalue weighted by molar-refractivity contribution is 0.306. The molecule has 1 saturated carbocycles. The third kappa shape index (κ3) is 3.18. The van der Waals surface area contributed by atoms with E-state index in [1.54, 1.807) is 42.2 Å². The molecule has 1 N–H and O–H groups in total. The first kappa shape index (κ1) is 17.0. The summed E-state index contributed by atoms with van der Waals surface area (Å²) in [7, 11) is -2.03. The van der Waals surface area contributed by atoms with Crippen molar-refractivity contribution in [3.05, 3.63) is 42.2 Å². The average Bonchev–Trinajstić information content (AvgIpc) is 3.22. The number of aromatic nitrogens is 2. The summed E-state index contributed by atoms with van der Waals surface area (Å²) in [5.74, 6) is 0.197. The quantitative estimate of drug-likeness (QED) is 0.868. The van der Waals surface area contributed by atoms with Gasteiger partial charge in [-0.3, -0.25) is 8.99 Å². The van der Waals surface area contributed by atoms with Crippen LogP contribution in [0.15, 0.2) is 41.4 Å². The van der Waals surface area contributed by atoms with Gasteiger partial charge >= 0.3 is 0 Å². The van der Waals surface area contributed by atoms with Crippen LogP contribution in [0, 0.1) is 0 Å². The lowest BCUT2D eigenvalue weighted by Crippen LogP contribution is -2.34. The predicted octanol–water partition coefficient (Wildman–Crippen LogP) is 2.27. The number of aliphatic hydroxyl groups is 1. The normalized spacial score (nSPS) is 15.8. The number of benzene rings is 1. The zero-order chi connectivity index (χ0) is 17.2. The molecule has 0 atom stereocenters. The summed E-state index contributed by atoms with van der Waals surface area (Å²) in [6.45, 7) is -0.224. The van der Waals surface area contributed by atoms with Crippen molar-refractivity contribution in [2.75, 3.05) is 17.5 Å². The van der Waals surface area contributed by atoms with Crippen LogP contribution in [0.2, 0.25) is 0 Å². The molecule has 130 valence electrons. The van der Waals surface area contributed by atoms with E-state index in [1.807, 2.05) is 6.07 Å². The van der Waals surface area contributed by atoms with Gasteiger partial charge in [0.05, 0.1) is 24.5 Å². The van der Waals surface area contributed by atoms with Crippen LogP contribution in [0.25, 0.3) is 0 Å². The standard InChI is InChI=1S/C17H23N3O3S/c1-19-13-16(17(18-19)14-7-5-6-8-14)24(22,23)20(11-12-21)15-9-3-2-4-10-15/h2-4,9-10,13-14,21H,5-8,11-12H2,1H3. The lowest BCUT2D eigenvalue weighted by Gasteiger charge is -2.24. The van der Waals surface area contributed by atoms with Gasteiger partial charge in [0, 0.05) is 19.2 Å². The van der Waals surface area contributed by atoms with E-state index in [4.69, 9.17) is 0 Å². The zero-order valence-electron chi connectivity index (χ0n) is 13.8. The number of sulfonamides is 1. The SMILES string of the molecule is Cn1cc(S(=O)(=O)N(CCO)c2ccccc2)c(C2CCCC2)n1. The largest absolute Gasteiger partial charge is 0.394 e. The van der Waals surface area contributed by atoms with Crippen LogP contribution in [-0.4, -0.2) is 36.5 Å². The predicted molar refractivity (Wildman–Crippen MR) is 92.5 cm³/mol. The second-order valence-corrected chi connectivity index (χ2v) is 8.00. The molecule has 6 nitrogen and oxygen atoms in total. The Morgan fingerprint density at radius 2 is 1.92 bits per heavy atom. The summed E-state index contributed by atoms with van der Waals surface area (Å²) in [4.78, 5) is 0.259. The van der Waals surface area contributed by atoms with Gasteiger partial charge in [-0.15, -0.1) is 0 Å². The van der Waals surface area contributed by atoms with Gasteiger partial charge in [-0.05, 0) is 25.0 Å². The minimum absolute atomic E-state index is 0.0192. The van der Waals surface area contributed by atoms with Crippen LogP contribution < -0.4 is 4.31 Å². The van der Waals surface area contributed by atoms with Gasteiger partial charge in [-0.2, -0.15) is 5.10 Å². The first-order chi connectivity index (χ1) is 11.5. The van der Waals surface area contributed by atoms with Gasteiger partial charge in [-0.25, -0.2) is 8.42 Å². The Balaban J connectivity index is 2.05. The Labute approximate surface area is 142 Å². The molecule has 0 radical (unpaired) electrons. The third-order valence-electron chi connectivity index (χ3n) is 4.48. The van der Waals surface area contributed by atoms with Crippen molar-refractivity contribution in [2.24, 2.45) is 7.05 Å². The summed E-state index contributed by atoms with van der Waals surface area (Å²) in [5.41, 5.74) is 1.21. The Morgan fingerprint density at radius 3 is 2.54 bits per heavy atom. The highest BCUT2D eigenvalue weighted by Gasteiger charge is 2.33.